The van der Waals surface area contributed by atoms with E-state index in [4.69, 9.17) is 31.7 Å². The molecule has 2 atom stereocenters. The Morgan fingerprint density at radius 1 is 1.17 bits per heavy atom. The smallest absolute Gasteiger partial charge is 0.412 e. The molecule has 2 aromatic rings. The van der Waals surface area contributed by atoms with Gasteiger partial charge in [0.05, 0.1) is 11.4 Å². The van der Waals surface area contributed by atoms with Crippen LogP contribution in [0.25, 0.3) is 0 Å². The van der Waals surface area contributed by atoms with E-state index in [0.717, 1.165) is 13.1 Å². The number of rotatable bonds is 5. The van der Waals surface area contributed by atoms with Crippen molar-refractivity contribution >= 4 is 35.4 Å². The normalized spacial score (nSPS) is 18.1. The zero-order valence-corrected chi connectivity index (χ0v) is 20.1. The van der Waals surface area contributed by atoms with Crippen LogP contribution in [-0.2, 0) is 9.53 Å². The minimum Gasteiger partial charge on any atom is -0.510 e. The van der Waals surface area contributed by atoms with Crippen LogP contribution >= 0.6 is 11.6 Å². The van der Waals surface area contributed by atoms with Gasteiger partial charge in [-0.3, -0.25) is 14.6 Å². The molecule has 1 unspecified atom stereocenters. The summed E-state index contributed by atoms with van der Waals surface area (Å²) in [6.45, 7) is 5.59. The van der Waals surface area contributed by atoms with Gasteiger partial charge >= 0.3 is 12.1 Å². The summed E-state index contributed by atoms with van der Waals surface area (Å²) in [7, 11) is 2.00. The number of nitrogens with zero attached hydrogens (tertiary/aromatic N) is 6. The number of aliphatic carboxylic acids is 1. The van der Waals surface area contributed by atoms with Crippen molar-refractivity contribution in [3.8, 4) is 0 Å². The molecule has 0 aliphatic carbocycles. The zero-order valence-electron chi connectivity index (χ0n) is 19.3. The molecule has 36 heavy (non-hydrogen) atoms. The average molecular weight is 521 g/mol. The number of carbonyl (C=O) groups is 3. The maximum atomic E-state index is 12.8. The number of aromatic nitrogens is 3. The van der Waals surface area contributed by atoms with E-state index < -0.39 is 42.5 Å². The van der Waals surface area contributed by atoms with E-state index in [9.17, 15) is 14.4 Å². The Balaban J connectivity index is 0.000000345. The minimum absolute atomic E-state index is 0.144. The van der Waals surface area contributed by atoms with Crippen molar-refractivity contribution < 1.29 is 34.4 Å². The number of hydrogen-bond donors (Lipinski definition) is 3. The molecule has 2 aromatic heterocycles. The van der Waals surface area contributed by atoms with Crippen LogP contribution in [0.5, 0.6) is 0 Å². The van der Waals surface area contributed by atoms with E-state index in [-0.39, 0.29) is 5.69 Å². The monoisotopic (exact) mass is 520 g/mol. The summed E-state index contributed by atoms with van der Waals surface area (Å²) in [4.78, 5) is 52.8. The molecule has 14 heteroatoms. The molecule has 0 spiro atoms. The third-order valence-electron chi connectivity index (χ3n) is 5.30. The van der Waals surface area contributed by atoms with Crippen LogP contribution in [0, 0.1) is 0 Å². The standard InChI is InChI=1S/C17H17ClN6O3.C5H8O4/c1-22-6-8-23(9-7-22)17(26)27-16-14-13(19-4-5-20-14)15(25)24(16)12-3-2-11(18)10-21-12;1-3(6)4(7)2-5(8)9/h2-5,10,16H,6-9H2,1H3;4,6-7H,1-2H2,(H,8,9)/t;4-/m.1/s1. The van der Waals surface area contributed by atoms with Gasteiger partial charge in [-0.2, -0.15) is 0 Å². The Bertz CT molecular complexity index is 1120. The number of aliphatic hydroxyl groups excluding tert-OH is 2. The van der Waals surface area contributed by atoms with Crippen molar-refractivity contribution in [3.63, 3.8) is 0 Å². The Kier molecular flexibility index (Phi) is 8.74. The molecule has 4 heterocycles. The van der Waals surface area contributed by atoms with Gasteiger partial charge in [-0.1, -0.05) is 18.2 Å². The number of fused-ring (bicyclic) bond motifs is 1. The highest BCUT2D eigenvalue weighted by Gasteiger charge is 2.44. The molecule has 1 fully saturated rings. The van der Waals surface area contributed by atoms with E-state index in [1.165, 1.54) is 23.5 Å². The number of ether oxygens (including phenoxy) is 1. The minimum atomic E-state index is -1.34. The lowest BCUT2D eigenvalue weighted by Gasteiger charge is -2.33. The topological polar surface area (TPSA) is 170 Å². The number of likely N-dealkylation sites (N-methyl/N-ethyl adjacent to an activating group) is 1. The fraction of sp³-hybridized carbons (Fsp3) is 0.364. The molecule has 2 aliphatic heterocycles. The molecule has 192 valence electrons. The van der Waals surface area contributed by atoms with Crippen LogP contribution in [0.2, 0.25) is 5.02 Å². The SMILES string of the molecule is C=C(O)[C@H](O)CC(=O)O.CN1CCN(C(=O)OC2c3nccnc3C(=O)N2c2ccc(Cl)cn2)CC1. The fourth-order valence-corrected chi connectivity index (χ4v) is 3.43. The summed E-state index contributed by atoms with van der Waals surface area (Å²) in [5, 5.41) is 25.4. The van der Waals surface area contributed by atoms with Gasteiger partial charge in [0.25, 0.3) is 5.91 Å². The van der Waals surface area contributed by atoms with Crippen LogP contribution in [0.4, 0.5) is 10.6 Å². The predicted molar refractivity (Wildman–Crippen MR) is 126 cm³/mol. The van der Waals surface area contributed by atoms with Gasteiger partial charge in [0, 0.05) is 44.8 Å². The highest BCUT2D eigenvalue weighted by Crippen LogP contribution is 2.35. The van der Waals surface area contributed by atoms with Crippen molar-refractivity contribution in [1.82, 2.24) is 24.8 Å². The Morgan fingerprint density at radius 3 is 2.39 bits per heavy atom. The third-order valence-corrected chi connectivity index (χ3v) is 5.53. The van der Waals surface area contributed by atoms with Gasteiger partial charge in [-0.15, -0.1) is 0 Å². The number of carbonyl (C=O) groups excluding carboxylic acids is 2. The number of hydrogen-bond acceptors (Lipinski definition) is 10. The second kappa shape index (κ2) is 11.7. The summed E-state index contributed by atoms with van der Waals surface area (Å²) in [6, 6.07) is 3.20. The molecule has 2 amide bonds. The summed E-state index contributed by atoms with van der Waals surface area (Å²) >= 11 is 5.89. The van der Waals surface area contributed by atoms with Crippen molar-refractivity contribution in [2.75, 3.05) is 38.1 Å². The number of aliphatic hydroxyl groups is 2. The lowest BCUT2D eigenvalue weighted by molar-refractivity contribution is -0.139. The van der Waals surface area contributed by atoms with Crippen molar-refractivity contribution in [2.45, 2.75) is 18.8 Å². The van der Waals surface area contributed by atoms with Gasteiger partial charge in [0.15, 0.2) is 5.69 Å². The van der Waals surface area contributed by atoms with E-state index >= 15 is 0 Å². The van der Waals surface area contributed by atoms with Gasteiger partial charge in [-0.05, 0) is 19.2 Å². The van der Waals surface area contributed by atoms with Gasteiger partial charge in [-0.25, -0.2) is 19.7 Å². The third kappa shape index (κ3) is 6.44. The quantitative estimate of drug-likeness (QED) is 0.487. The number of carboxylic acids is 1. The largest absolute Gasteiger partial charge is 0.510 e. The van der Waals surface area contributed by atoms with Crippen molar-refractivity contribution in [1.29, 1.82) is 0 Å². The lowest BCUT2D eigenvalue weighted by Crippen LogP contribution is -2.48. The van der Waals surface area contributed by atoms with Gasteiger partial charge in [0.2, 0.25) is 6.23 Å². The summed E-state index contributed by atoms with van der Waals surface area (Å²) in [5.41, 5.74) is 0.437. The number of halogens is 1. The van der Waals surface area contributed by atoms with E-state index in [1.807, 2.05) is 7.05 Å². The van der Waals surface area contributed by atoms with Crippen LogP contribution in [0.1, 0.15) is 28.8 Å². The molecule has 0 saturated carbocycles. The van der Waals surface area contributed by atoms with E-state index in [0.29, 0.717) is 29.6 Å². The predicted octanol–water partition coefficient (Wildman–Crippen LogP) is 1.46. The molecular weight excluding hydrogens is 496 g/mol. The molecule has 1 saturated heterocycles. The first kappa shape index (κ1) is 26.8. The second-order valence-electron chi connectivity index (χ2n) is 7.93. The number of piperazine rings is 1. The summed E-state index contributed by atoms with van der Waals surface area (Å²) in [6.07, 6.45) is 0.932. The number of amides is 2. The Labute approximate surface area is 211 Å². The molecule has 0 radical (unpaired) electrons. The van der Waals surface area contributed by atoms with Crippen molar-refractivity contribution in [2.24, 2.45) is 0 Å². The maximum Gasteiger partial charge on any atom is 0.412 e. The second-order valence-corrected chi connectivity index (χ2v) is 8.37. The van der Waals surface area contributed by atoms with E-state index in [2.05, 4.69) is 26.4 Å². The number of anilines is 1. The Hall–Kier alpha value is -3.81. The fourth-order valence-electron chi connectivity index (χ4n) is 3.32. The zero-order chi connectivity index (χ0) is 26.4. The molecular formula is C22H25ClN6O7. The average Bonchev–Trinajstić information content (AvgIpc) is 3.11. The Morgan fingerprint density at radius 2 is 1.83 bits per heavy atom. The molecule has 0 aromatic carbocycles. The van der Waals surface area contributed by atoms with E-state index in [1.54, 1.807) is 17.0 Å². The number of carboxylic acid groups (broad SMARTS) is 1. The van der Waals surface area contributed by atoms with Gasteiger partial charge in [0.1, 0.15) is 23.4 Å². The van der Waals surface area contributed by atoms with Crippen LogP contribution < -0.4 is 4.90 Å². The van der Waals surface area contributed by atoms with Crippen molar-refractivity contribution in [3.05, 3.63) is 59.5 Å². The molecule has 3 N–H and O–H groups in total. The highest BCUT2D eigenvalue weighted by molar-refractivity contribution is 6.30. The summed E-state index contributed by atoms with van der Waals surface area (Å²) < 4.78 is 5.68. The summed E-state index contributed by atoms with van der Waals surface area (Å²) in [5.74, 6) is -1.81. The highest BCUT2D eigenvalue weighted by atomic mass is 35.5. The maximum absolute atomic E-state index is 12.8. The van der Waals surface area contributed by atoms with Crippen LogP contribution in [0.15, 0.2) is 43.1 Å². The molecule has 4 rings (SSSR count). The van der Waals surface area contributed by atoms with Gasteiger partial charge < -0.3 is 29.9 Å². The molecule has 0 bridgehead atoms. The first-order valence-corrected chi connectivity index (χ1v) is 11.1. The molecule has 13 nitrogen and oxygen atoms in total. The van der Waals surface area contributed by atoms with Crippen LogP contribution in [0.3, 0.4) is 0 Å². The molecule has 2 aliphatic rings. The van der Waals surface area contributed by atoms with Crippen LogP contribution in [-0.4, -0.2) is 97.4 Å². The first-order chi connectivity index (χ1) is 17.1. The number of pyridine rings is 1. The lowest BCUT2D eigenvalue weighted by atomic mass is 10.2. The first-order valence-electron chi connectivity index (χ1n) is 10.8.